The number of carboxylic acids is 1. The Labute approximate surface area is 116 Å². The van der Waals surface area contributed by atoms with Gasteiger partial charge in [-0.05, 0) is 19.3 Å². The average Bonchev–Trinajstić information content (AvgIpc) is 2.72. The zero-order valence-corrected chi connectivity index (χ0v) is 11.0. The van der Waals surface area contributed by atoms with Gasteiger partial charge >= 0.3 is 12.0 Å². The van der Waals surface area contributed by atoms with Gasteiger partial charge in [0.15, 0.2) is 0 Å². The Bertz CT molecular complexity index is 484. The highest BCUT2D eigenvalue weighted by Crippen LogP contribution is 2.25. The maximum atomic E-state index is 12.1. The highest BCUT2D eigenvalue weighted by molar-refractivity contribution is 5.89. The first-order valence-corrected chi connectivity index (χ1v) is 6.53. The Kier molecular flexibility index (Phi) is 4.57. The molecule has 1 aromatic rings. The highest BCUT2D eigenvalue weighted by atomic mass is 16.4. The Hall–Kier alpha value is -2.09. The monoisotopic (exact) mass is 282 g/mol. The van der Waals surface area contributed by atoms with Gasteiger partial charge in [-0.15, -0.1) is 0 Å². The van der Waals surface area contributed by atoms with Crippen LogP contribution in [0.3, 0.4) is 0 Å². The molecular weight excluding hydrogens is 264 g/mol. The van der Waals surface area contributed by atoms with Gasteiger partial charge in [-0.3, -0.25) is 9.48 Å². The Morgan fingerprint density at radius 3 is 2.80 bits per heavy atom. The van der Waals surface area contributed by atoms with E-state index >= 15 is 0 Å². The summed E-state index contributed by atoms with van der Waals surface area (Å²) in [5.41, 5.74) is 0.443. The summed E-state index contributed by atoms with van der Waals surface area (Å²) >= 11 is 0. The number of aliphatic hydroxyl groups is 1. The van der Waals surface area contributed by atoms with Crippen LogP contribution in [0.5, 0.6) is 0 Å². The Balaban J connectivity index is 1.94. The molecule has 0 unspecified atom stereocenters. The Morgan fingerprint density at radius 2 is 2.25 bits per heavy atom. The van der Waals surface area contributed by atoms with Gasteiger partial charge in [-0.2, -0.15) is 5.10 Å². The van der Waals surface area contributed by atoms with Crippen molar-refractivity contribution in [2.45, 2.75) is 31.8 Å². The van der Waals surface area contributed by atoms with Crippen molar-refractivity contribution in [1.82, 2.24) is 14.7 Å². The minimum absolute atomic E-state index is 0.0812. The number of anilines is 1. The summed E-state index contributed by atoms with van der Waals surface area (Å²) < 4.78 is 1.23. The van der Waals surface area contributed by atoms with Gasteiger partial charge in [0.1, 0.15) is 6.54 Å². The molecule has 1 aliphatic rings. The lowest BCUT2D eigenvalue weighted by Crippen LogP contribution is -2.47. The van der Waals surface area contributed by atoms with Crippen LogP contribution in [0.1, 0.15) is 19.3 Å². The van der Waals surface area contributed by atoms with Crippen LogP contribution in [-0.2, 0) is 11.3 Å². The molecule has 2 amide bonds. The molecule has 0 spiro atoms. The molecule has 0 radical (unpaired) electrons. The van der Waals surface area contributed by atoms with Crippen LogP contribution >= 0.6 is 0 Å². The number of nitrogens with zero attached hydrogens (tertiary/aromatic N) is 3. The second kappa shape index (κ2) is 6.38. The van der Waals surface area contributed by atoms with Crippen molar-refractivity contribution in [2.24, 2.45) is 0 Å². The minimum atomic E-state index is -0.998. The molecular formula is C12H18N4O4. The van der Waals surface area contributed by atoms with Crippen LogP contribution in [0.25, 0.3) is 0 Å². The quantitative estimate of drug-likeness (QED) is 0.697. The van der Waals surface area contributed by atoms with Gasteiger partial charge in [0, 0.05) is 18.8 Å². The van der Waals surface area contributed by atoms with Crippen LogP contribution in [0.2, 0.25) is 0 Å². The van der Waals surface area contributed by atoms with Crippen molar-refractivity contribution < 1.29 is 19.8 Å². The van der Waals surface area contributed by atoms with E-state index in [4.69, 9.17) is 10.2 Å². The lowest BCUT2D eigenvalue weighted by molar-refractivity contribution is -0.137. The number of carbonyl (C=O) groups is 2. The standard InChI is InChI=1S/C12H18N4O4/c17-5-4-16(10-2-1-3-10)12(20)14-9-6-13-15(7-9)8-11(18)19/h6-7,10,17H,1-5,8H2,(H,14,20)(H,18,19). The van der Waals surface area contributed by atoms with E-state index in [1.54, 1.807) is 4.90 Å². The summed E-state index contributed by atoms with van der Waals surface area (Å²) in [6.07, 6.45) is 5.86. The van der Waals surface area contributed by atoms with E-state index in [0.717, 1.165) is 19.3 Å². The van der Waals surface area contributed by atoms with Crippen molar-refractivity contribution in [1.29, 1.82) is 0 Å². The second-order valence-electron chi connectivity index (χ2n) is 4.75. The molecule has 1 fully saturated rings. The fraction of sp³-hybridized carbons (Fsp3) is 0.583. The zero-order chi connectivity index (χ0) is 14.5. The highest BCUT2D eigenvalue weighted by Gasteiger charge is 2.28. The van der Waals surface area contributed by atoms with E-state index in [1.165, 1.54) is 17.1 Å². The van der Waals surface area contributed by atoms with Crippen molar-refractivity contribution in [3.05, 3.63) is 12.4 Å². The molecule has 0 saturated heterocycles. The fourth-order valence-electron chi connectivity index (χ4n) is 2.10. The normalized spacial score (nSPS) is 14.7. The lowest BCUT2D eigenvalue weighted by Gasteiger charge is -2.37. The molecule has 8 nitrogen and oxygen atoms in total. The van der Waals surface area contributed by atoms with E-state index in [1.807, 2.05) is 0 Å². The van der Waals surface area contributed by atoms with Crippen molar-refractivity contribution in [2.75, 3.05) is 18.5 Å². The SMILES string of the molecule is O=C(O)Cn1cc(NC(=O)N(CCO)C2CCC2)cn1. The van der Waals surface area contributed by atoms with Gasteiger partial charge in [0.25, 0.3) is 0 Å². The van der Waals surface area contributed by atoms with Crippen molar-refractivity contribution in [3.8, 4) is 0 Å². The first-order valence-electron chi connectivity index (χ1n) is 6.53. The number of aliphatic hydroxyl groups excluding tert-OH is 1. The van der Waals surface area contributed by atoms with Crippen LogP contribution < -0.4 is 5.32 Å². The summed E-state index contributed by atoms with van der Waals surface area (Å²) in [5.74, 6) is -0.998. The summed E-state index contributed by atoms with van der Waals surface area (Å²) in [4.78, 5) is 24.3. The van der Waals surface area contributed by atoms with E-state index in [2.05, 4.69) is 10.4 Å². The molecule has 1 saturated carbocycles. The zero-order valence-electron chi connectivity index (χ0n) is 11.0. The average molecular weight is 282 g/mol. The third kappa shape index (κ3) is 3.47. The summed E-state index contributed by atoms with van der Waals surface area (Å²) in [6, 6.07) is -0.116. The lowest BCUT2D eigenvalue weighted by atomic mass is 9.92. The molecule has 0 bridgehead atoms. The molecule has 110 valence electrons. The molecule has 1 aromatic heterocycles. The number of amides is 2. The molecule has 1 aliphatic carbocycles. The third-order valence-electron chi connectivity index (χ3n) is 3.30. The number of carbonyl (C=O) groups excluding carboxylic acids is 1. The molecule has 0 atom stereocenters. The van der Waals surface area contributed by atoms with E-state index in [-0.39, 0.29) is 25.2 Å². The number of urea groups is 1. The predicted octanol–water partition coefficient (Wildman–Crippen LogP) is 0.346. The maximum absolute atomic E-state index is 12.1. The topological polar surface area (TPSA) is 108 Å². The smallest absolute Gasteiger partial charge is 0.325 e. The van der Waals surface area contributed by atoms with Crippen LogP contribution in [0.15, 0.2) is 12.4 Å². The first kappa shape index (κ1) is 14.3. The maximum Gasteiger partial charge on any atom is 0.325 e. The van der Waals surface area contributed by atoms with Crippen LogP contribution in [-0.4, -0.2) is 56.1 Å². The first-order chi connectivity index (χ1) is 9.60. The van der Waals surface area contributed by atoms with Crippen LogP contribution in [0.4, 0.5) is 10.5 Å². The number of nitrogens with one attached hydrogen (secondary N) is 1. The summed E-state index contributed by atoms with van der Waals surface area (Å²) in [6.45, 7) is -0.0409. The fourth-order valence-corrected chi connectivity index (χ4v) is 2.10. The van der Waals surface area contributed by atoms with Gasteiger partial charge in [-0.25, -0.2) is 4.79 Å². The number of aromatic nitrogens is 2. The van der Waals surface area contributed by atoms with Crippen molar-refractivity contribution in [3.63, 3.8) is 0 Å². The Morgan fingerprint density at radius 1 is 1.50 bits per heavy atom. The number of rotatable bonds is 6. The minimum Gasteiger partial charge on any atom is -0.480 e. The van der Waals surface area contributed by atoms with Gasteiger partial charge in [0.05, 0.1) is 18.5 Å². The van der Waals surface area contributed by atoms with E-state index in [0.29, 0.717) is 12.2 Å². The van der Waals surface area contributed by atoms with Crippen LogP contribution in [0, 0.1) is 0 Å². The number of carboxylic acid groups (broad SMARTS) is 1. The summed E-state index contributed by atoms with van der Waals surface area (Å²) in [5, 5.41) is 24.2. The molecule has 2 rings (SSSR count). The number of aliphatic carboxylic acids is 1. The molecule has 0 aromatic carbocycles. The molecule has 3 N–H and O–H groups in total. The van der Waals surface area contributed by atoms with Crippen molar-refractivity contribution >= 4 is 17.7 Å². The predicted molar refractivity (Wildman–Crippen MR) is 70.3 cm³/mol. The molecule has 1 heterocycles. The molecule has 8 heteroatoms. The largest absolute Gasteiger partial charge is 0.480 e. The van der Waals surface area contributed by atoms with E-state index < -0.39 is 5.97 Å². The molecule has 20 heavy (non-hydrogen) atoms. The van der Waals surface area contributed by atoms with Gasteiger partial charge in [0.2, 0.25) is 0 Å². The number of hydrogen-bond donors (Lipinski definition) is 3. The third-order valence-corrected chi connectivity index (χ3v) is 3.30. The number of hydrogen-bond acceptors (Lipinski definition) is 4. The second-order valence-corrected chi connectivity index (χ2v) is 4.75. The van der Waals surface area contributed by atoms with Gasteiger partial charge < -0.3 is 20.4 Å². The van der Waals surface area contributed by atoms with E-state index in [9.17, 15) is 9.59 Å². The molecule has 0 aliphatic heterocycles. The van der Waals surface area contributed by atoms with Gasteiger partial charge in [-0.1, -0.05) is 0 Å². The summed E-state index contributed by atoms with van der Waals surface area (Å²) in [7, 11) is 0.